The Hall–Kier alpha value is -3.56. The number of nitrogens with one attached hydrogen (secondary N) is 3. The molecule has 0 fully saturated rings. The van der Waals surface area contributed by atoms with Crippen LogP contribution in [0.1, 0.15) is 29.5 Å². The molecular weight excluding hydrogens is 653 g/mol. The van der Waals surface area contributed by atoms with Gasteiger partial charge in [-0.15, -0.1) is 0 Å². The van der Waals surface area contributed by atoms with E-state index in [0.29, 0.717) is 0 Å². The maximum Gasteiger partial charge on any atom is 0.169 e. The van der Waals surface area contributed by atoms with Crippen molar-refractivity contribution in [2.24, 2.45) is 0 Å². The predicted molar refractivity (Wildman–Crippen MR) is 224 cm³/mol. The number of pyridine rings is 1. The third-order valence-corrected chi connectivity index (χ3v) is 10.7. The Morgan fingerprint density at radius 2 is 1.22 bits per heavy atom. The molecule has 0 atom stereocenters. The average Bonchev–Trinajstić information content (AvgIpc) is 3.11. The minimum atomic E-state index is 0.929. The molecule has 0 aliphatic carbocycles. The number of hydrogen-bond acceptors (Lipinski definition) is 4. The van der Waals surface area contributed by atoms with Crippen molar-refractivity contribution in [3.63, 3.8) is 0 Å². The summed E-state index contributed by atoms with van der Waals surface area (Å²) in [5.41, 5.74) is 7.23. The number of benzene rings is 2. The molecule has 3 rings (SSSR count). The van der Waals surface area contributed by atoms with Gasteiger partial charge >= 0.3 is 0 Å². The SMILES string of the molecule is C=CC(/C=C/c1ccc(N(C)CCC[NH+](C)C)cc1)=C\C=[NH+]CCSSCC[n+]1ccc(/C=C/c2ccc(N(C)CCC[NH+](C)C)cc2)cc1. The van der Waals surface area contributed by atoms with Crippen LogP contribution in [-0.4, -0.2) is 92.7 Å². The summed E-state index contributed by atoms with van der Waals surface area (Å²) in [6.07, 6.45) is 21.4. The maximum absolute atomic E-state index is 3.98. The van der Waals surface area contributed by atoms with Crippen LogP contribution >= 0.6 is 21.6 Å². The van der Waals surface area contributed by atoms with Crippen LogP contribution in [-0.2, 0) is 6.54 Å². The third kappa shape index (κ3) is 16.9. The van der Waals surface area contributed by atoms with Crippen molar-refractivity contribution in [3.8, 4) is 0 Å². The van der Waals surface area contributed by atoms with E-state index in [9.17, 15) is 0 Å². The van der Waals surface area contributed by atoms with Crippen molar-refractivity contribution in [2.45, 2.75) is 19.4 Å². The molecule has 2 aromatic carbocycles. The Bertz CT molecular complexity index is 1490. The molecule has 0 radical (unpaired) electrons. The molecule has 0 saturated carbocycles. The minimum absolute atomic E-state index is 0.929. The number of quaternary nitrogens is 2. The Morgan fingerprint density at radius 1 is 0.720 bits per heavy atom. The lowest BCUT2D eigenvalue weighted by atomic mass is 10.1. The summed E-state index contributed by atoms with van der Waals surface area (Å²) in [6.45, 7) is 10.4. The zero-order chi connectivity index (χ0) is 36.0. The normalized spacial score (nSPS) is 12.3. The molecule has 0 amide bonds. The van der Waals surface area contributed by atoms with Crippen molar-refractivity contribution in [1.29, 1.82) is 0 Å². The van der Waals surface area contributed by atoms with E-state index in [0.717, 1.165) is 43.3 Å². The molecule has 8 heteroatoms. The van der Waals surface area contributed by atoms with Gasteiger partial charge in [-0.25, -0.2) is 9.56 Å². The summed E-state index contributed by atoms with van der Waals surface area (Å²) in [6, 6.07) is 22.0. The highest BCUT2D eigenvalue weighted by atomic mass is 33.1. The molecule has 0 aliphatic rings. The van der Waals surface area contributed by atoms with Gasteiger partial charge in [-0.3, -0.25) is 0 Å². The van der Waals surface area contributed by atoms with Crippen molar-refractivity contribution in [1.82, 2.24) is 0 Å². The fourth-order valence-corrected chi connectivity index (χ4v) is 7.09. The van der Waals surface area contributed by atoms with Crippen LogP contribution in [0.3, 0.4) is 0 Å². The highest BCUT2D eigenvalue weighted by Crippen LogP contribution is 2.19. The molecule has 0 spiro atoms. The lowest BCUT2D eigenvalue weighted by Gasteiger charge is -2.19. The molecule has 6 nitrogen and oxygen atoms in total. The lowest BCUT2D eigenvalue weighted by molar-refractivity contribution is -0.858. The molecule has 3 aromatic rings. The maximum atomic E-state index is 3.98. The summed E-state index contributed by atoms with van der Waals surface area (Å²) in [5, 5.41) is 0. The highest BCUT2D eigenvalue weighted by molar-refractivity contribution is 8.76. The molecule has 0 saturated heterocycles. The van der Waals surface area contributed by atoms with E-state index >= 15 is 0 Å². The van der Waals surface area contributed by atoms with Crippen LogP contribution in [0.4, 0.5) is 11.4 Å². The van der Waals surface area contributed by atoms with E-state index in [-0.39, 0.29) is 0 Å². The number of aryl methyl sites for hydroxylation is 1. The average molecular weight is 715 g/mol. The molecule has 0 aliphatic heterocycles. The monoisotopic (exact) mass is 714 g/mol. The molecule has 3 N–H and O–H groups in total. The number of rotatable bonds is 23. The largest absolute Gasteiger partial charge is 0.374 e. The van der Waals surface area contributed by atoms with Crippen molar-refractivity contribution >= 4 is 57.4 Å². The van der Waals surface area contributed by atoms with Crippen LogP contribution in [0.5, 0.6) is 0 Å². The van der Waals surface area contributed by atoms with E-state index in [1.165, 1.54) is 63.8 Å². The summed E-state index contributed by atoms with van der Waals surface area (Å²) in [5.74, 6) is 2.12. The minimum Gasteiger partial charge on any atom is -0.374 e. The van der Waals surface area contributed by atoms with Gasteiger partial charge in [-0.05, 0) is 46.5 Å². The summed E-state index contributed by atoms with van der Waals surface area (Å²) >= 11 is 0. The Balaban J connectivity index is 1.30. The second-order valence-corrected chi connectivity index (χ2v) is 16.0. The van der Waals surface area contributed by atoms with E-state index in [4.69, 9.17) is 0 Å². The van der Waals surface area contributed by atoms with Gasteiger partial charge < -0.3 is 19.6 Å². The van der Waals surface area contributed by atoms with E-state index < -0.39 is 0 Å². The van der Waals surface area contributed by atoms with Gasteiger partial charge in [0.15, 0.2) is 31.7 Å². The van der Waals surface area contributed by atoms with Crippen LogP contribution in [0.2, 0.25) is 0 Å². The summed E-state index contributed by atoms with van der Waals surface area (Å²) in [7, 11) is 17.0. The molecule has 268 valence electrons. The zero-order valence-corrected chi connectivity index (χ0v) is 33.0. The number of hydrogen-bond donors (Lipinski definition) is 3. The second kappa shape index (κ2) is 23.8. The van der Waals surface area contributed by atoms with Gasteiger partial charge in [0.05, 0.1) is 52.8 Å². The van der Waals surface area contributed by atoms with Gasteiger partial charge in [0.1, 0.15) is 0 Å². The van der Waals surface area contributed by atoms with Crippen LogP contribution in [0, 0.1) is 0 Å². The van der Waals surface area contributed by atoms with Crippen molar-refractivity contribution < 1.29 is 19.4 Å². The smallest absolute Gasteiger partial charge is 0.169 e. The molecule has 1 aromatic heterocycles. The summed E-state index contributed by atoms with van der Waals surface area (Å²) < 4.78 is 2.26. The number of nitrogens with zero attached hydrogens (tertiary/aromatic N) is 3. The van der Waals surface area contributed by atoms with Gasteiger partial charge in [0.25, 0.3) is 0 Å². The van der Waals surface area contributed by atoms with E-state index in [1.54, 1.807) is 0 Å². The Kier molecular flexibility index (Phi) is 19.4. The van der Waals surface area contributed by atoms with E-state index in [1.807, 2.05) is 33.9 Å². The van der Waals surface area contributed by atoms with Crippen molar-refractivity contribution in [3.05, 3.63) is 120 Å². The fourth-order valence-electron chi connectivity index (χ4n) is 5.18. The highest BCUT2D eigenvalue weighted by Gasteiger charge is 2.04. The third-order valence-electron chi connectivity index (χ3n) is 8.34. The van der Waals surface area contributed by atoms with Gasteiger partial charge in [-0.1, -0.05) is 82.8 Å². The van der Waals surface area contributed by atoms with Crippen LogP contribution in [0.25, 0.3) is 18.2 Å². The standard InChI is InChI=1S/C42H59N6S2/c1-8-37(11-12-38-15-19-41(20-16-38)46(6)30-9-28-44(2)3)23-26-43-27-35-49-50-36-34-48-32-24-40(25-33-48)14-13-39-17-21-42(22-18-39)47(7)31-10-29-45(4)5/h8,11-26,32-33H,1,9-10,27-31,34-36H2,2-7H3/q+1/p+3/b12-11+,37-23+,43-26?. The molecule has 0 bridgehead atoms. The van der Waals surface area contributed by atoms with E-state index in [2.05, 4.69) is 172 Å². The lowest BCUT2D eigenvalue weighted by Crippen LogP contribution is -3.05. The molecule has 50 heavy (non-hydrogen) atoms. The quantitative estimate of drug-likeness (QED) is 0.0463. The predicted octanol–water partition coefficient (Wildman–Crippen LogP) is 3.44. The fraction of sp³-hybridized carbons (Fsp3) is 0.381. The van der Waals surface area contributed by atoms with Crippen LogP contribution in [0.15, 0.2) is 103 Å². The summed E-state index contributed by atoms with van der Waals surface area (Å²) in [4.78, 5) is 11.1. The molecular formula is C42H62N6S2+4. The molecule has 0 unspecified atom stereocenters. The molecule has 1 heterocycles. The topological polar surface area (TPSA) is 33.2 Å². The number of allylic oxidation sites excluding steroid dienone is 4. The van der Waals surface area contributed by atoms with Gasteiger partial charge in [0.2, 0.25) is 0 Å². The first-order valence-electron chi connectivity index (χ1n) is 17.9. The number of aromatic nitrogens is 1. The Labute approximate surface area is 311 Å². The number of anilines is 2. The zero-order valence-electron chi connectivity index (χ0n) is 31.4. The van der Waals surface area contributed by atoms with Crippen LogP contribution < -0.4 is 29.2 Å². The second-order valence-electron chi connectivity index (χ2n) is 13.3. The van der Waals surface area contributed by atoms with Gasteiger partial charge in [0, 0.05) is 69.6 Å². The Morgan fingerprint density at radius 3 is 1.74 bits per heavy atom. The first kappa shape index (κ1) is 40.9. The first-order chi connectivity index (χ1) is 24.2. The van der Waals surface area contributed by atoms with Gasteiger partial charge in [-0.2, -0.15) is 0 Å². The first-order valence-corrected chi connectivity index (χ1v) is 20.4. The van der Waals surface area contributed by atoms with Crippen molar-refractivity contribution in [2.75, 3.05) is 96.3 Å².